The molecule has 10 heteroatoms. The second kappa shape index (κ2) is 9.21. The molecule has 3 rings (SSSR count). The van der Waals surface area contributed by atoms with Crippen LogP contribution in [0.1, 0.15) is 16.6 Å². The van der Waals surface area contributed by atoms with Crippen molar-refractivity contribution in [3.05, 3.63) is 59.1 Å². The monoisotopic (exact) mass is 425 g/mol. The number of nitrogens with two attached hydrogens (primary N) is 1. The molecule has 0 radical (unpaired) electrons. The van der Waals surface area contributed by atoms with Gasteiger partial charge in [0.25, 0.3) is 0 Å². The lowest BCUT2D eigenvalue weighted by Gasteiger charge is -2.15. The van der Waals surface area contributed by atoms with Crippen molar-refractivity contribution < 1.29 is 27.8 Å². The summed E-state index contributed by atoms with van der Waals surface area (Å²) < 4.78 is 51.3. The van der Waals surface area contributed by atoms with Crippen LogP contribution in [0.4, 0.5) is 13.2 Å². The fourth-order valence-corrected chi connectivity index (χ4v) is 3.25. The Hall–Kier alpha value is -2.69. The quantitative estimate of drug-likeness (QED) is 0.535. The average molecular weight is 425 g/mol. The smallest absolute Gasteiger partial charge is 0.419 e. The van der Waals surface area contributed by atoms with Crippen molar-refractivity contribution in [1.82, 2.24) is 10.2 Å². The Labute approximate surface area is 168 Å². The van der Waals surface area contributed by atoms with Gasteiger partial charge in [0.05, 0.1) is 18.2 Å². The summed E-state index contributed by atoms with van der Waals surface area (Å²) in [6.45, 7) is -0.284. The van der Waals surface area contributed by atoms with Gasteiger partial charge in [-0.3, -0.25) is 0 Å². The highest BCUT2D eigenvalue weighted by atomic mass is 32.1. The highest BCUT2D eigenvalue weighted by Gasteiger charge is 2.35. The van der Waals surface area contributed by atoms with Crippen molar-refractivity contribution >= 4 is 11.3 Å². The number of aliphatic hydroxyl groups excluding tert-OH is 1. The Morgan fingerprint density at radius 2 is 1.76 bits per heavy atom. The Morgan fingerprint density at radius 1 is 1.03 bits per heavy atom. The molecule has 1 unspecified atom stereocenters. The summed E-state index contributed by atoms with van der Waals surface area (Å²) >= 11 is 1.03. The Bertz CT molecular complexity index is 935. The van der Waals surface area contributed by atoms with Crippen LogP contribution in [0, 0.1) is 0 Å². The number of para-hydroxylation sites is 1. The number of hydrogen-bond donors (Lipinski definition) is 2. The zero-order valence-electron chi connectivity index (χ0n) is 15.1. The second-order valence-corrected chi connectivity index (χ2v) is 6.96. The van der Waals surface area contributed by atoms with E-state index in [4.69, 9.17) is 20.3 Å². The van der Waals surface area contributed by atoms with Gasteiger partial charge < -0.3 is 20.3 Å². The van der Waals surface area contributed by atoms with Gasteiger partial charge >= 0.3 is 6.18 Å². The molecule has 3 N–H and O–H groups in total. The third kappa shape index (κ3) is 5.43. The van der Waals surface area contributed by atoms with E-state index in [-0.39, 0.29) is 36.1 Å². The van der Waals surface area contributed by atoms with Gasteiger partial charge in [-0.25, -0.2) is 0 Å². The van der Waals surface area contributed by atoms with Crippen molar-refractivity contribution in [2.24, 2.45) is 5.73 Å². The van der Waals surface area contributed by atoms with Gasteiger partial charge in [-0.15, -0.1) is 10.2 Å². The second-order valence-electron chi connectivity index (χ2n) is 5.95. The lowest BCUT2D eigenvalue weighted by Crippen LogP contribution is -2.13. The number of nitrogens with zero attached hydrogens (tertiary/aromatic N) is 2. The minimum absolute atomic E-state index is 0.0500. The minimum Gasteiger partial charge on any atom is -0.490 e. The highest BCUT2D eigenvalue weighted by molar-refractivity contribution is 7.14. The molecular weight excluding hydrogens is 407 g/mol. The van der Waals surface area contributed by atoms with E-state index in [2.05, 4.69) is 10.2 Å². The summed E-state index contributed by atoms with van der Waals surface area (Å²) in [6, 6.07) is 11.9. The van der Waals surface area contributed by atoms with E-state index < -0.39 is 17.8 Å². The predicted octanol–water partition coefficient (Wildman–Crippen LogP) is 3.67. The van der Waals surface area contributed by atoms with Crippen LogP contribution >= 0.6 is 11.3 Å². The van der Waals surface area contributed by atoms with Gasteiger partial charge in [0, 0.05) is 5.56 Å². The maximum atomic E-state index is 13.5. The Morgan fingerprint density at radius 3 is 2.45 bits per heavy atom. The minimum atomic E-state index is -4.61. The summed E-state index contributed by atoms with van der Waals surface area (Å²) in [5, 5.41) is 17.4. The molecule has 0 fully saturated rings. The first-order valence-corrected chi connectivity index (χ1v) is 9.42. The van der Waals surface area contributed by atoms with Crippen LogP contribution in [-0.4, -0.2) is 35.1 Å². The standard InChI is InChI=1S/C19H18F3N3O3S/c20-19(21,22)14-10-12(17-24-25-18(29-17)15(23)11-26)6-7-16(14)28-9-8-27-13-4-2-1-3-5-13/h1-7,10,15,26H,8-9,11,23H2. The molecule has 29 heavy (non-hydrogen) atoms. The molecule has 1 atom stereocenters. The number of aliphatic hydroxyl groups is 1. The summed E-state index contributed by atoms with van der Waals surface area (Å²) in [5.41, 5.74) is 4.98. The molecule has 0 saturated heterocycles. The molecule has 0 aliphatic heterocycles. The van der Waals surface area contributed by atoms with Gasteiger partial charge in [-0.1, -0.05) is 29.5 Å². The third-order valence-corrected chi connectivity index (χ3v) is 4.94. The lowest BCUT2D eigenvalue weighted by molar-refractivity contribution is -0.139. The molecule has 0 saturated carbocycles. The summed E-state index contributed by atoms with van der Waals surface area (Å²) in [4.78, 5) is 0. The van der Waals surface area contributed by atoms with Crippen molar-refractivity contribution in [3.63, 3.8) is 0 Å². The number of aromatic nitrogens is 2. The van der Waals surface area contributed by atoms with E-state index in [0.29, 0.717) is 10.8 Å². The summed E-state index contributed by atoms with van der Waals surface area (Å²) in [6.07, 6.45) is -4.61. The molecule has 3 aromatic rings. The van der Waals surface area contributed by atoms with Crippen LogP contribution in [0.15, 0.2) is 48.5 Å². The molecule has 2 aromatic carbocycles. The van der Waals surface area contributed by atoms with E-state index in [1.165, 1.54) is 12.1 Å². The SMILES string of the molecule is NC(CO)c1nnc(-c2ccc(OCCOc3ccccc3)c(C(F)(F)F)c2)s1. The molecule has 154 valence electrons. The van der Waals surface area contributed by atoms with Crippen LogP contribution in [-0.2, 0) is 6.18 Å². The van der Waals surface area contributed by atoms with E-state index in [9.17, 15) is 13.2 Å². The van der Waals surface area contributed by atoms with Crippen LogP contribution in [0.2, 0.25) is 0 Å². The molecule has 1 heterocycles. The van der Waals surface area contributed by atoms with Gasteiger partial charge in [0.2, 0.25) is 0 Å². The maximum Gasteiger partial charge on any atom is 0.419 e. The number of halogens is 3. The van der Waals surface area contributed by atoms with Crippen molar-refractivity contribution in [2.75, 3.05) is 19.8 Å². The number of alkyl halides is 3. The molecule has 0 aliphatic carbocycles. The Balaban J connectivity index is 1.73. The van der Waals surface area contributed by atoms with E-state index in [0.717, 1.165) is 17.4 Å². The maximum absolute atomic E-state index is 13.5. The lowest BCUT2D eigenvalue weighted by atomic mass is 10.1. The average Bonchev–Trinajstić information content (AvgIpc) is 3.21. The zero-order chi connectivity index (χ0) is 20.9. The van der Waals surface area contributed by atoms with Gasteiger partial charge in [-0.2, -0.15) is 13.2 Å². The normalized spacial score (nSPS) is 12.6. The number of rotatable bonds is 8. The van der Waals surface area contributed by atoms with Crippen LogP contribution < -0.4 is 15.2 Å². The van der Waals surface area contributed by atoms with Gasteiger partial charge in [0.15, 0.2) is 0 Å². The van der Waals surface area contributed by atoms with Crippen molar-refractivity contribution in [1.29, 1.82) is 0 Å². The van der Waals surface area contributed by atoms with Crippen molar-refractivity contribution in [2.45, 2.75) is 12.2 Å². The van der Waals surface area contributed by atoms with Crippen molar-refractivity contribution in [3.8, 4) is 22.1 Å². The molecule has 0 aliphatic rings. The number of benzene rings is 2. The molecule has 6 nitrogen and oxygen atoms in total. The fraction of sp³-hybridized carbons (Fsp3) is 0.263. The molecule has 0 spiro atoms. The topological polar surface area (TPSA) is 90.5 Å². The summed E-state index contributed by atoms with van der Waals surface area (Å²) in [5.74, 6) is 0.311. The number of hydrogen-bond acceptors (Lipinski definition) is 7. The molecule has 0 amide bonds. The zero-order valence-corrected chi connectivity index (χ0v) is 15.9. The van der Waals surface area contributed by atoms with Crippen LogP contribution in [0.5, 0.6) is 11.5 Å². The van der Waals surface area contributed by atoms with Crippen LogP contribution in [0.25, 0.3) is 10.6 Å². The van der Waals surface area contributed by atoms with Crippen LogP contribution in [0.3, 0.4) is 0 Å². The Kier molecular flexibility index (Phi) is 6.68. The molecule has 0 bridgehead atoms. The first kappa shape index (κ1) is 21.0. The summed E-state index contributed by atoms with van der Waals surface area (Å²) in [7, 11) is 0. The highest BCUT2D eigenvalue weighted by Crippen LogP contribution is 2.39. The molecule has 1 aromatic heterocycles. The molecular formula is C19H18F3N3O3S. The van der Waals surface area contributed by atoms with Gasteiger partial charge in [-0.05, 0) is 30.3 Å². The third-order valence-electron chi connectivity index (χ3n) is 3.84. The van der Waals surface area contributed by atoms with E-state index in [1.54, 1.807) is 24.3 Å². The first-order chi connectivity index (χ1) is 13.9. The first-order valence-electron chi connectivity index (χ1n) is 8.60. The largest absolute Gasteiger partial charge is 0.490 e. The van der Waals surface area contributed by atoms with Gasteiger partial charge in [0.1, 0.15) is 34.7 Å². The van der Waals surface area contributed by atoms with E-state index >= 15 is 0 Å². The number of ether oxygens (including phenoxy) is 2. The fourth-order valence-electron chi connectivity index (χ4n) is 2.42. The van der Waals surface area contributed by atoms with E-state index in [1.807, 2.05) is 6.07 Å². The predicted molar refractivity (Wildman–Crippen MR) is 102 cm³/mol.